The molecule has 2 N–H and O–H groups in total. The molecular formula is C16H30N2O2. The summed E-state index contributed by atoms with van der Waals surface area (Å²) < 4.78 is 5.69. The molecule has 0 saturated carbocycles. The first-order valence-corrected chi connectivity index (χ1v) is 8.10. The number of rotatable bonds is 4. The van der Waals surface area contributed by atoms with E-state index >= 15 is 0 Å². The van der Waals surface area contributed by atoms with Gasteiger partial charge in [0.05, 0.1) is 5.60 Å². The molecule has 0 aromatic carbocycles. The van der Waals surface area contributed by atoms with Crippen molar-refractivity contribution < 1.29 is 9.53 Å². The Hall–Kier alpha value is -0.610. The smallest absolute Gasteiger partial charge is 0.220 e. The maximum absolute atomic E-state index is 12.2. The highest BCUT2D eigenvalue weighted by Gasteiger charge is 2.30. The average Bonchev–Trinajstić information content (AvgIpc) is 2.38. The predicted molar refractivity (Wildman–Crippen MR) is 80.6 cm³/mol. The Morgan fingerprint density at radius 3 is 2.90 bits per heavy atom. The quantitative estimate of drug-likeness (QED) is 0.830. The van der Waals surface area contributed by atoms with Crippen LogP contribution in [-0.2, 0) is 9.53 Å². The summed E-state index contributed by atoms with van der Waals surface area (Å²) in [5, 5.41) is 6.64. The Labute approximate surface area is 123 Å². The lowest BCUT2D eigenvalue weighted by molar-refractivity contribution is -0.125. The van der Waals surface area contributed by atoms with Gasteiger partial charge < -0.3 is 15.4 Å². The first-order valence-electron chi connectivity index (χ1n) is 8.10. The fourth-order valence-corrected chi connectivity index (χ4v) is 3.47. The first kappa shape index (κ1) is 15.8. The van der Waals surface area contributed by atoms with Crippen molar-refractivity contribution >= 4 is 5.91 Å². The highest BCUT2D eigenvalue weighted by molar-refractivity contribution is 5.76. The summed E-state index contributed by atoms with van der Waals surface area (Å²) >= 11 is 0. The molecule has 4 nitrogen and oxygen atoms in total. The van der Waals surface area contributed by atoms with Gasteiger partial charge in [-0.3, -0.25) is 4.79 Å². The van der Waals surface area contributed by atoms with Crippen molar-refractivity contribution in [2.24, 2.45) is 11.8 Å². The molecule has 0 aromatic rings. The van der Waals surface area contributed by atoms with E-state index in [0.29, 0.717) is 18.3 Å². The summed E-state index contributed by atoms with van der Waals surface area (Å²) in [5.41, 5.74) is -0.102. The van der Waals surface area contributed by atoms with E-state index in [1.165, 1.54) is 12.8 Å². The van der Waals surface area contributed by atoms with E-state index < -0.39 is 0 Å². The Morgan fingerprint density at radius 1 is 1.45 bits per heavy atom. The van der Waals surface area contributed by atoms with Gasteiger partial charge in [0.2, 0.25) is 5.91 Å². The number of hydrogen-bond donors (Lipinski definition) is 2. The van der Waals surface area contributed by atoms with Gasteiger partial charge in [0.1, 0.15) is 0 Å². The summed E-state index contributed by atoms with van der Waals surface area (Å²) in [6.45, 7) is 9.36. The molecule has 2 aliphatic rings. The molecule has 2 rings (SSSR count). The molecule has 2 heterocycles. The van der Waals surface area contributed by atoms with E-state index in [9.17, 15) is 4.79 Å². The van der Waals surface area contributed by atoms with Gasteiger partial charge in [-0.25, -0.2) is 0 Å². The molecule has 1 amide bonds. The van der Waals surface area contributed by atoms with Crippen molar-refractivity contribution in [1.29, 1.82) is 0 Å². The normalized spacial score (nSPS) is 31.6. The van der Waals surface area contributed by atoms with Crippen molar-refractivity contribution in [3.05, 3.63) is 0 Å². The zero-order chi connectivity index (χ0) is 14.6. The van der Waals surface area contributed by atoms with E-state index in [1.54, 1.807) is 0 Å². The Kier molecular flexibility index (Phi) is 5.44. The summed E-state index contributed by atoms with van der Waals surface area (Å²) in [4.78, 5) is 12.2. The number of nitrogens with one attached hydrogen (secondary N) is 2. The molecule has 0 radical (unpaired) electrons. The molecule has 2 saturated heterocycles. The standard InChI is InChI=1S/C16H30N2O2/c1-12(13-5-4-7-17-11-13)9-15(19)18-14-6-8-20-16(2,3)10-14/h12-14,17H,4-11H2,1-3H3,(H,18,19). The van der Waals surface area contributed by atoms with Gasteiger partial charge in [0, 0.05) is 19.1 Å². The van der Waals surface area contributed by atoms with Crippen LogP contribution in [-0.4, -0.2) is 37.2 Å². The largest absolute Gasteiger partial charge is 0.375 e. The maximum Gasteiger partial charge on any atom is 0.220 e. The summed E-state index contributed by atoms with van der Waals surface area (Å²) in [6, 6.07) is 0.280. The monoisotopic (exact) mass is 282 g/mol. The molecule has 0 spiro atoms. The first-order chi connectivity index (χ1) is 9.46. The molecule has 3 unspecified atom stereocenters. The molecule has 20 heavy (non-hydrogen) atoms. The van der Waals surface area contributed by atoms with E-state index in [-0.39, 0.29) is 17.6 Å². The van der Waals surface area contributed by atoms with Crippen molar-refractivity contribution in [2.75, 3.05) is 19.7 Å². The molecule has 116 valence electrons. The number of carbonyl (C=O) groups excluding carboxylic acids is 1. The van der Waals surface area contributed by atoms with Crippen LogP contribution in [0, 0.1) is 11.8 Å². The third-order valence-electron chi connectivity index (χ3n) is 4.71. The van der Waals surface area contributed by atoms with Crippen LogP contribution in [0.3, 0.4) is 0 Å². The van der Waals surface area contributed by atoms with Crippen molar-refractivity contribution in [1.82, 2.24) is 10.6 Å². The van der Waals surface area contributed by atoms with Crippen LogP contribution < -0.4 is 10.6 Å². The zero-order valence-corrected chi connectivity index (χ0v) is 13.2. The third kappa shape index (κ3) is 4.74. The third-order valence-corrected chi connectivity index (χ3v) is 4.71. The second kappa shape index (κ2) is 6.90. The van der Waals surface area contributed by atoms with E-state index in [1.807, 2.05) is 0 Å². The number of hydrogen-bond acceptors (Lipinski definition) is 3. The predicted octanol–water partition coefficient (Wildman–Crippen LogP) is 2.09. The van der Waals surface area contributed by atoms with Gasteiger partial charge in [-0.2, -0.15) is 0 Å². The van der Waals surface area contributed by atoms with Gasteiger partial charge in [-0.05, 0) is 64.5 Å². The lowest BCUT2D eigenvalue weighted by Crippen LogP contribution is -2.46. The van der Waals surface area contributed by atoms with Crippen molar-refractivity contribution in [3.8, 4) is 0 Å². The second-order valence-electron chi connectivity index (χ2n) is 7.15. The van der Waals surface area contributed by atoms with Crippen LogP contribution in [0.25, 0.3) is 0 Å². The Balaban J connectivity index is 1.74. The molecule has 4 heteroatoms. The minimum atomic E-state index is -0.102. The molecule has 0 aromatic heterocycles. The van der Waals surface area contributed by atoms with Gasteiger partial charge in [0.15, 0.2) is 0 Å². The van der Waals surface area contributed by atoms with Crippen molar-refractivity contribution in [3.63, 3.8) is 0 Å². The van der Waals surface area contributed by atoms with Crippen molar-refractivity contribution in [2.45, 2.75) is 64.5 Å². The van der Waals surface area contributed by atoms with Crippen LogP contribution in [0.4, 0.5) is 0 Å². The topological polar surface area (TPSA) is 50.4 Å². The summed E-state index contributed by atoms with van der Waals surface area (Å²) in [5.74, 6) is 1.34. The van der Waals surface area contributed by atoms with Gasteiger partial charge in [0.25, 0.3) is 0 Å². The molecular weight excluding hydrogens is 252 g/mol. The molecule has 0 aliphatic carbocycles. The molecule has 3 atom stereocenters. The summed E-state index contributed by atoms with van der Waals surface area (Å²) in [7, 11) is 0. The Bertz CT molecular complexity index is 324. The van der Waals surface area contributed by atoms with E-state index in [2.05, 4.69) is 31.4 Å². The minimum absolute atomic E-state index is 0.102. The summed E-state index contributed by atoms with van der Waals surface area (Å²) in [6.07, 6.45) is 5.01. The van der Waals surface area contributed by atoms with Crippen LogP contribution in [0.2, 0.25) is 0 Å². The SMILES string of the molecule is CC(CC(=O)NC1CCOC(C)(C)C1)C1CCCNC1. The highest BCUT2D eigenvalue weighted by Crippen LogP contribution is 2.25. The lowest BCUT2D eigenvalue weighted by Gasteiger charge is -2.36. The fraction of sp³-hybridized carbons (Fsp3) is 0.938. The van der Waals surface area contributed by atoms with Crippen LogP contribution in [0.5, 0.6) is 0 Å². The zero-order valence-electron chi connectivity index (χ0n) is 13.2. The van der Waals surface area contributed by atoms with Gasteiger partial charge in [-0.1, -0.05) is 6.92 Å². The molecule has 2 aliphatic heterocycles. The highest BCUT2D eigenvalue weighted by atomic mass is 16.5. The fourth-order valence-electron chi connectivity index (χ4n) is 3.47. The van der Waals surface area contributed by atoms with E-state index in [0.717, 1.165) is 32.5 Å². The number of amides is 1. The lowest BCUT2D eigenvalue weighted by atomic mass is 9.85. The molecule has 0 bridgehead atoms. The van der Waals surface area contributed by atoms with Crippen LogP contribution in [0.1, 0.15) is 52.9 Å². The van der Waals surface area contributed by atoms with Gasteiger partial charge in [-0.15, -0.1) is 0 Å². The minimum Gasteiger partial charge on any atom is -0.375 e. The average molecular weight is 282 g/mol. The van der Waals surface area contributed by atoms with E-state index in [4.69, 9.17) is 4.74 Å². The second-order valence-corrected chi connectivity index (χ2v) is 7.15. The molecule has 2 fully saturated rings. The van der Waals surface area contributed by atoms with Crippen LogP contribution in [0.15, 0.2) is 0 Å². The number of piperidine rings is 1. The Morgan fingerprint density at radius 2 is 2.25 bits per heavy atom. The number of carbonyl (C=O) groups is 1. The maximum atomic E-state index is 12.2. The van der Waals surface area contributed by atoms with Crippen LogP contribution >= 0.6 is 0 Å². The number of ether oxygens (including phenoxy) is 1. The van der Waals surface area contributed by atoms with Gasteiger partial charge >= 0.3 is 0 Å².